The van der Waals surface area contributed by atoms with E-state index in [2.05, 4.69) is 20.8 Å². The third-order valence-corrected chi connectivity index (χ3v) is 6.03. The fourth-order valence-corrected chi connectivity index (χ4v) is 4.18. The molecule has 0 fully saturated rings. The Balaban J connectivity index is 1.88. The minimum absolute atomic E-state index is 0.0374. The zero-order chi connectivity index (χ0) is 26.0. The first-order valence-electron chi connectivity index (χ1n) is 10.9. The summed E-state index contributed by atoms with van der Waals surface area (Å²) < 4.78 is 53.1. The largest absolute Gasteiger partial charge is 0.419 e. The molecule has 0 radical (unpaired) electrons. The van der Waals surface area contributed by atoms with Gasteiger partial charge in [-0.25, -0.2) is 4.39 Å². The molecule has 0 unspecified atom stereocenters. The lowest BCUT2D eigenvalue weighted by atomic mass is 9.87. The molecule has 0 spiro atoms. The third-order valence-electron chi connectivity index (χ3n) is 5.60. The second-order valence-corrected chi connectivity index (χ2v) is 10.3. The van der Waals surface area contributed by atoms with Crippen molar-refractivity contribution < 1.29 is 22.4 Å². The average molecular weight is 526 g/mol. The summed E-state index contributed by atoms with van der Waals surface area (Å²) in [7, 11) is 0. The van der Waals surface area contributed by atoms with Crippen LogP contribution in [0.3, 0.4) is 0 Å². The van der Waals surface area contributed by atoms with Crippen molar-refractivity contribution in [2.75, 3.05) is 6.54 Å². The van der Waals surface area contributed by atoms with Crippen LogP contribution in [0.4, 0.5) is 17.6 Å². The highest BCUT2D eigenvalue weighted by Gasteiger charge is 2.34. The molecule has 186 valence electrons. The maximum atomic E-state index is 13.7. The molecular weight excluding hydrogens is 501 g/mol. The van der Waals surface area contributed by atoms with Crippen LogP contribution in [0.2, 0.25) is 10.0 Å². The van der Waals surface area contributed by atoms with Crippen LogP contribution in [-0.4, -0.2) is 17.4 Å². The molecule has 1 amide bonds. The van der Waals surface area contributed by atoms with E-state index in [-0.39, 0.29) is 42.0 Å². The Morgan fingerprint density at radius 1 is 0.857 bits per heavy atom. The molecule has 2 nitrogen and oxygen atoms in total. The number of halogens is 6. The summed E-state index contributed by atoms with van der Waals surface area (Å²) in [5.74, 6) is -1.70. The fourth-order valence-electron chi connectivity index (χ4n) is 3.65. The zero-order valence-electron chi connectivity index (χ0n) is 19.5. The standard InChI is InChI=1S/C27H25Cl2F4NO/c1-26(2,3)20-7-4-18(5-8-20)16-34(25(35)19-13-21(28)15-22(29)14-19)11-10-17-6-9-24(30)23(12-17)27(31,32)33/h4-9,12-15H,10-11,16H2,1-3H3. The molecular formula is C27H25Cl2F4NO. The number of hydrogen-bond acceptors (Lipinski definition) is 1. The van der Waals surface area contributed by atoms with Crippen LogP contribution in [-0.2, 0) is 24.6 Å². The number of rotatable bonds is 6. The smallest absolute Gasteiger partial charge is 0.334 e. The highest BCUT2D eigenvalue weighted by atomic mass is 35.5. The molecule has 3 rings (SSSR count). The summed E-state index contributed by atoms with van der Waals surface area (Å²) in [5, 5.41) is 0.590. The summed E-state index contributed by atoms with van der Waals surface area (Å²) in [6.07, 6.45) is -4.70. The van der Waals surface area contributed by atoms with Gasteiger partial charge in [0.15, 0.2) is 0 Å². The summed E-state index contributed by atoms with van der Waals surface area (Å²) in [5.41, 5.74) is 1.16. The van der Waals surface area contributed by atoms with Crippen molar-refractivity contribution in [1.82, 2.24) is 4.90 Å². The molecule has 0 saturated heterocycles. The van der Waals surface area contributed by atoms with Gasteiger partial charge in [-0.15, -0.1) is 0 Å². The SMILES string of the molecule is CC(C)(C)c1ccc(CN(CCc2ccc(F)c(C(F)(F)F)c2)C(=O)c2cc(Cl)cc(Cl)c2)cc1. The van der Waals surface area contributed by atoms with E-state index >= 15 is 0 Å². The maximum absolute atomic E-state index is 13.7. The van der Waals surface area contributed by atoms with Crippen molar-refractivity contribution in [2.45, 2.75) is 45.3 Å². The lowest BCUT2D eigenvalue weighted by molar-refractivity contribution is -0.140. The highest BCUT2D eigenvalue weighted by Crippen LogP contribution is 2.32. The van der Waals surface area contributed by atoms with Gasteiger partial charge in [0.2, 0.25) is 0 Å². The Kier molecular flexibility index (Phi) is 8.17. The Hall–Kier alpha value is -2.57. The van der Waals surface area contributed by atoms with E-state index in [1.807, 2.05) is 24.3 Å². The minimum atomic E-state index is -4.80. The van der Waals surface area contributed by atoms with E-state index in [1.54, 1.807) is 0 Å². The molecule has 3 aromatic rings. The van der Waals surface area contributed by atoms with E-state index in [9.17, 15) is 22.4 Å². The molecule has 0 aliphatic carbocycles. The molecule has 3 aromatic carbocycles. The summed E-state index contributed by atoms with van der Waals surface area (Å²) in [6.45, 7) is 6.61. The Morgan fingerprint density at radius 3 is 1.97 bits per heavy atom. The Bertz CT molecular complexity index is 1180. The lowest BCUT2D eigenvalue weighted by Gasteiger charge is -2.25. The van der Waals surface area contributed by atoms with Crippen LogP contribution in [0.15, 0.2) is 60.7 Å². The first-order valence-corrected chi connectivity index (χ1v) is 11.7. The van der Waals surface area contributed by atoms with Crippen molar-refractivity contribution in [3.8, 4) is 0 Å². The normalized spacial score (nSPS) is 12.0. The molecule has 0 aliphatic heterocycles. The fraction of sp³-hybridized carbons (Fsp3) is 0.296. The van der Waals surface area contributed by atoms with Gasteiger partial charge in [0.05, 0.1) is 5.56 Å². The summed E-state index contributed by atoms with van der Waals surface area (Å²) >= 11 is 12.1. The first kappa shape index (κ1) is 27.0. The van der Waals surface area contributed by atoms with Gasteiger partial charge in [0, 0.05) is 28.7 Å². The van der Waals surface area contributed by atoms with Crippen LogP contribution in [0.1, 0.15) is 53.4 Å². The van der Waals surface area contributed by atoms with Gasteiger partial charge < -0.3 is 4.90 Å². The Morgan fingerprint density at radius 2 is 1.43 bits per heavy atom. The average Bonchev–Trinajstić information content (AvgIpc) is 2.75. The van der Waals surface area contributed by atoms with Gasteiger partial charge in [-0.3, -0.25) is 4.79 Å². The monoisotopic (exact) mass is 525 g/mol. The van der Waals surface area contributed by atoms with Crippen LogP contribution in [0.5, 0.6) is 0 Å². The third kappa shape index (κ3) is 7.21. The van der Waals surface area contributed by atoms with E-state index in [0.29, 0.717) is 10.0 Å². The van der Waals surface area contributed by atoms with Gasteiger partial charge in [0.25, 0.3) is 5.91 Å². The molecule has 8 heteroatoms. The predicted octanol–water partition coefficient (Wildman–Crippen LogP) is 8.33. The maximum Gasteiger partial charge on any atom is 0.419 e. The summed E-state index contributed by atoms with van der Waals surface area (Å²) in [6, 6.07) is 15.2. The number of amides is 1. The van der Waals surface area contributed by atoms with Gasteiger partial charge in [-0.05, 0) is 58.9 Å². The number of benzene rings is 3. The topological polar surface area (TPSA) is 20.3 Å². The van der Waals surface area contributed by atoms with Gasteiger partial charge in [-0.2, -0.15) is 13.2 Å². The quantitative estimate of drug-likeness (QED) is 0.296. The van der Waals surface area contributed by atoms with Gasteiger partial charge >= 0.3 is 6.18 Å². The second-order valence-electron chi connectivity index (χ2n) is 9.39. The zero-order valence-corrected chi connectivity index (χ0v) is 21.0. The molecule has 0 bridgehead atoms. The molecule has 0 atom stereocenters. The Labute approximate surface area is 212 Å². The number of carbonyl (C=O) groups excluding carboxylic acids is 1. The number of hydrogen-bond donors (Lipinski definition) is 0. The molecule has 35 heavy (non-hydrogen) atoms. The van der Waals surface area contributed by atoms with Gasteiger partial charge in [-0.1, -0.05) is 74.3 Å². The lowest BCUT2D eigenvalue weighted by Crippen LogP contribution is -2.32. The van der Waals surface area contributed by atoms with Crippen molar-refractivity contribution in [2.24, 2.45) is 0 Å². The molecule has 0 aliphatic rings. The highest BCUT2D eigenvalue weighted by molar-refractivity contribution is 6.35. The van der Waals surface area contributed by atoms with Crippen molar-refractivity contribution >= 4 is 29.1 Å². The molecule has 0 aromatic heterocycles. The van der Waals surface area contributed by atoms with Crippen molar-refractivity contribution in [1.29, 1.82) is 0 Å². The molecule has 0 heterocycles. The van der Waals surface area contributed by atoms with Crippen LogP contribution >= 0.6 is 23.2 Å². The molecule has 0 saturated carbocycles. The van der Waals surface area contributed by atoms with Crippen LogP contribution in [0, 0.1) is 5.82 Å². The van der Waals surface area contributed by atoms with E-state index < -0.39 is 17.6 Å². The van der Waals surface area contributed by atoms with Crippen LogP contribution in [0.25, 0.3) is 0 Å². The number of nitrogens with zero attached hydrogens (tertiary/aromatic N) is 1. The first-order chi connectivity index (χ1) is 16.2. The van der Waals surface area contributed by atoms with Crippen molar-refractivity contribution in [3.05, 3.63) is 104 Å². The van der Waals surface area contributed by atoms with Gasteiger partial charge in [0.1, 0.15) is 5.82 Å². The van der Waals surface area contributed by atoms with E-state index in [1.165, 1.54) is 29.2 Å². The summed E-state index contributed by atoms with van der Waals surface area (Å²) in [4.78, 5) is 14.9. The van der Waals surface area contributed by atoms with Crippen LogP contribution < -0.4 is 0 Å². The number of carbonyl (C=O) groups is 1. The number of alkyl halides is 3. The van der Waals surface area contributed by atoms with Crippen molar-refractivity contribution in [3.63, 3.8) is 0 Å². The minimum Gasteiger partial charge on any atom is -0.334 e. The molecule has 0 N–H and O–H groups in total. The predicted molar refractivity (Wildman–Crippen MR) is 131 cm³/mol. The van der Waals surface area contributed by atoms with E-state index in [4.69, 9.17) is 23.2 Å². The van der Waals surface area contributed by atoms with E-state index in [0.717, 1.165) is 23.3 Å². The second kappa shape index (κ2) is 10.6.